The number of hydrogen-bond acceptors (Lipinski definition) is 5. The normalized spacial score (nSPS) is 36.4. The van der Waals surface area contributed by atoms with Crippen molar-refractivity contribution in [2.45, 2.75) is 82.3 Å². The van der Waals surface area contributed by atoms with Gasteiger partial charge in [-0.1, -0.05) is 39.0 Å². The average Bonchev–Trinajstić information content (AvgIpc) is 3.24. The maximum atomic E-state index is 12.1. The number of carbonyl (C=O) groups excluding carboxylic acids is 2. The summed E-state index contributed by atoms with van der Waals surface area (Å²) in [5.41, 5.74) is -2.39. The van der Waals surface area contributed by atoms with Gasteiger partial charge in [0.1, 0.15) is 12.2 Å². The average molecular weight is 325 g/mol. The quantitative estimate of drug-likeness (QED) is 0.253. The van der Waals surface area contributed by atoms with Crippen LogP contribution in [-0.2, 0) is 14.3 Å². The van der Waals surface area contributed by atoms with Crippen LogP contribution in [0.1, 0.15) is 52.4 Å². The van der Waals surface area contributed by atoms with Crippen molar-refractivity contribution in [1.82, 2.24) is 5.32 Å². The van der Waals surface area contributed by atoms with E-state index in [9.17, 15) is 19.8 Å². The monoisotopic (exact) mass is 325 g/mol. The first-order chi connectivity index (χ1) is 10.9. The van der Waals surface area contributed by atoms with Gasteiger partial charge in [-0.15, -0.1) is 0 Å². The van der Waals surface area contributed by atoms with Crippen LogP contribution in [0.3, 0.4) is 0 Å². The molecule has 0 aliphatic carbocycles. The first-order valence-electron chi connectivity index (χ1n) is 8.50. The lowest BCUT2D eigenvalue weighted by Gasteiger charge is -2.20. The first kappa shape index (κ1) is 18.1. The van der Waals surface area contributed by atoms with Crippen LogP contribution in [0.5, 0.6) is 0 Å². The molecule has 2 aliphatic heterocycles. The summed E-state index contributed by atoms with van der Waals surface area (Å²) >= 11 is 0. The third-order valence-electron chi connectivity index (χ3n) is 4.63. The Kier molecular flexibility index (Phi) is 5.95. The third kappa shape index (κ3) is 4.00. The highest BCUT2D eigenvalue weighted by Crippen LogP contribution is 2.29. The molecular weight excluding hydrogens is 298 g/mol. The lowest BCUT2D eigenvalue weighted by Crippen LogP contribution is -2.52. The van der Waals surface area contributed by atoms with E-state index in [1.165, 1.54) is 32.6 Å². The lowest BCUT2D eigenvalue weighted by atomic mass is 9.91. The number of rotatable bonds is 9. The number of carbonyl (C=O) groups is 2. The maximum absolute atomic E-state index is 12.1. The first-order valence-corrected chi connectivity index (χ1v) is 8.50. The van der Waals surface area contributed by atoms with Crippen LogP contribution in [0.2, 0.25) is 0 Å². The van der Waals surface area contributed by atoms with Gasteiger partial charge < -0.3 is 20.3 Å². The zero-order chi connectivity index (χ0) is 17.0. The zero-order valence-electron chi connectivity index (χ0n) is 13.8. The molecular formula is C17H27NO5. The fraction of sp³-hybridized carbons (Fsp3) is 0.765. The maximum Gasteiger partial charge on any atom is 0.263 e. The molecule has 23 heavy (non-hydrogen) atoms. The van der Waals surface area contributed by atoms with Gasteiger partial charge in [-0.25, -0.2) is 0 Å². The Morgan fingerprint density at radius 3 is 2.65 bits per heavy atom. The van der Waals surface area contributed by atoms with Crippen molar-refractivity contribution in [3.05, 3.63) is 12.2 Å². The third-order valence-corrected chi connectivity index (χ3v) is 4.63. The number of epoxide rings is 1. The molecule has 1 amide bonds. The Balaban J connectivity index is 1.76. The fourth-order valence-corrected chi connectivity index (χ4v) is 2.97. The number of aliphatic hydroxyl groups excluding tert-OH is 1. The molecule has 2 saturated heterocycles. The van der Waals surface area contributed by atoms with E-state index < -0.39 is 29.4 Å². The van der Waals surface area contributed by atoms with E-state index in [0.717, 1.165) is 18.9 Å². The molecule has 2 heterocycles. The molecule has 6 heteroatoms. The van der Waals surface area contributed by atoms with Gasteiger partial charge in [0.05, 0.1) is 12.1 Å². The SMILES string of the molecule is CCCCCCC[C@@H]1O[C@H]1/C=C/C(=O)[C@]1(O)C(=O)N[C@@H](C)[C@@H]1O. The smallest absolute Gasteiger partial charge is 0.263 e. The standard InChI is InChI=1S/C17H27NO5/c1-3-4-5-6-7-8-12-13(23-12)9-10-14(19)17(22)15(20)11(2)18-16(17)21/h9-13,15,20,22H,3-8H2,1-2H3,(H,18,21)/b10-9+/t11-,12-,13-,15-,17+/m0/s1. The number of amides is 1. The highest BCUT2D eigenvalue weighted by atomic mass is 16.6. The second-order valence-corrected chi connectivity index (χ2v) is 6.54. The van der Waals surface area contributed by atoms with Crippen molar-refractivity contribution in [3.8, 4) is 0 Å². The van der Waals surface area contributed by atoms with Gasteiger partial charge in [-0.2, -0.15) is 0 Å². The summed E-state index contributed by atoms with van der Waals surface area (Å²) in [6, 6.07) is -0.655. The Bertz CT molecular complexity index is 478. The summed E-state index contributed by atoms with van der Waals surface area (Å²) in [5, 5.41) is 22.4. The molecule has 0 radical (unpaired) electrons. The summed E-state index contributed by atoms with van der Waals surface area (Å²) in [4.78, 5) is 23.8. The van der Waals surface area contributed by atoms with Crippen molar-refractivity contribution >= 4 is 11.7 Å². The molecule has 0 aromatic carbocycles. The topological polar surface area (TPSA) is 99.2 Å². The van der Waals surface area contributed by atoms with Gasteiger partial charge in [0.25, 0.3) is 5.91 Å². The van der Waals surface area contributed by atoms with Gasteiger partial charge in [-0.3, -0.25) is 9.59 Å². The van der Waals surface area contributed by atoms with E-state index in [1.54, 1.807) is 6.08 Å². The van der Waals surface area contributed by atoms with E-state index in [2.05, 4.69) is 12.2 Å². The number of aliphatic hydroxyl groups is 2. The molecule has 0 aromatic rings. The van der Waals surface area contributed by atoms with Gasteiger partial charge in [-0.05, 0) is 25.5 Å². The van der Waals surface area contributed by atoms with Crippen molar-refractivity contribution in [2.75, 3.05) is 0 Å². The highest BCUT2D eigenvalue weighted by molar-refractivity contribution is 6.16. The van der Waals surface area contributed by atoms with Crippen LogP contribution in [0.4, 0.5) is 0 Å². The summed E-state index contributed by atoms with van der Waals surface area (Å²) in [6.07, 6.45) is 8.23. The molecule has 2 fully saturated rings. The van der Waals surface area contributed by atoms with Crippen molar-refractivity contribution in [3.63, 3.8) is 0 Å². The number of nitrogens with one attached hydrogen (secondary N) is 1. The predicted octanol–water partition coefficient (Wildman–Crippen LogP) is 0.850. The molecule has 0 spiro atoms. The molecule has 0 unspecified atom stereocenters. The van der Waals surface area contributed by atoms with Gasteiger partial charge >= 0.3 is 0 Å². The van der Waals surface area contributed by atoms with Crippen LogP contribution in [-0.4, -0.2) is 51.9 Å². The van der Waals surface area contributed by atoms with Gasteiger partial charge in [0.2, 0.25) is 5.60 Å². The van der Waals surface area contributed by atoms with Crippen molar-refractivity contribution < 1.29 is 24.5 Å². The number of ketones is 1. The Morgan fingerprint density at radius 1 is 1.35 bits per heavy atom. The van der Waals surface area contributed by atoms with Gasteiger partial charge in [0.15, 0.2) is 5.78 Å². The molecule has 5 atom stereocenters. The van der Waals surface area contributed by atoms with Crippen molar-refractivity contribution in [2.24, 2.45) is 0 Å². The van der Waals surface area contributed by atoms with E-state index in [0.29, 0.717) is 0 Å². The van der Waals surface area contributed by atoms with E-state index in [4.69, 9.17) is 4.74 Å². The summed E-state index contributed by atoms with van der Waals surface area (Å²) in [5.74, 6) is -1.65. The minimum Gasteiger partial charge on any atom is -0.387 e. The summed E-state index contributed by atoms with van der Waals surface area (Å²) in [6.45, 7) is 3.72. The molecule has 2 rings (SSSR count). The molecule has 0 bridgehead atoms. The van der Waals surface area contributed by atoms with Crippen LogP contribution < -0.4 is 5.32 Å². The molecule has 0 saturated carbocycles. The Hall–Kier alpha value is -1.24. The molecule has 0 aromatic heterocycles. The molecule has 130 valence electrons. The summed E-state index contributed by atoms with van der Waals surface area (Å²) < 4.78 is 5.46. The highest BCUT2D eigenvalue weighted by Gasteiger charge is 2.56. The fourth-order valence-electron chi connectivity index (χ4n) is 2.97. The predicted molar refractivity (Wildman–Crippen MR) is 84.7 cm³/mol. The number of ether oxygens (including phenoxy) is 1. The minimum atomic E-state index is -2.39. The summed E-state index contributed by atoms with van der Waals surface area (Å²) in [7, 11) is 0. The van der Waals surface area contributed by atoms with Crippen LogP contribution in [0.25, 0.3) is 0 Å². The van der Waals surface area contributed by atoms with Crippen LogP contribution in [0, 0.1) is 0 Å². The lowest BCUT2D eigenvalue weighted by molar-refractivity contribution is -0.153. The Labute approximate surface area is 136 Å². The molecule has 6 nitrogen and oxygen atoms in total. The van der Waals surface area contributed by atoms with Gasteiger partial charge in [0, 0.05) is 0 Å². The van der Waals surface area contributed by atoms with Crippen LogP contribution in [0.15, 0.2) is 12.2 Å². The number of hydrogen-bond donors (Lipinski definition) is 3. The van der Waals surface area contributed by atoms with Crippen molar-refractivity contribution in [1.29, 1.82) is 0 Å². The second kappa shape index (κ2) is 7.55. The van der Waals surface area contributed by atoms with E-state index >= 15 is 0 Å². The molecule has 3 N–H and O–H groups in total. The number of unbranched alkanes of at least 4 members (excludes halogenated alkanes) is 4. The molecule has 2 aliphatic rings. The minimum absolute atomic E-state index is 0.122. The largest absolute Gasteiger partial charge is 0.387 e. The van der Waals surface area contributed by atoms with Crippen LogP contribution >= 0.6 is 0 Å². The second-order valence-electron chi connectivity index (χ2n) is 6.54. The Morgan fingerprint density at radius 2 is 2.04 bits per heavy atom. The van der Waals surface area contributed by atoms with E-state index in [-0.39, 0.29) is 12.2 Å². The zero-order valence-corrected chi connectivity index (χ0v) is 13.8. The van der Waals surface area contributed by atoms with E-state index in [1.807, 2.05) is 0 Å².